The number of halogens is 2. The van der Waals surface area contributed by atoms with Gasteiger partial charge in [-0.2, -0.15) is 8.78 Å². The van der Waals surface area contributed by atoms with Crippen molar-refractivity contribution in [2.45, 2.75) is 24.4 Å². The Hall–Kier alpha value is -2.59. The average molecular weight is 425 g/mol. The predicted octanol–water partition coefficient (Wildman–Crippen LogP) is 4.19. The van der Waals surface area contributed by atoms with E-state index >= 15 is 0 Å². The Labute approximate surface area is 170 Å². The van der Waals surface area contributed by atoms with Crippen LogP contribution in [0.1, 0.15) is 11.3 Å². The van der Waals surface area contributed by atoms with Crippen molar-refractivity contribution in [2.24, 2.45) is 0 Å². The number of H-pyrrole nitrogens is 1. The highest BCUT2D eigenvalue weighted by molar-refractivity contribution is 7.98. The van der Waals surface area contributed by atoms with Crippen LogP contribution >= 0.6 is 11.8 Å². The van der Waals surface area contributed by atoms with Crippen LogP contribution in [0.5, 0.6) is 17.2 Å². The number of aromatic amines is 1. The molecule has 0 aliphatic heterocycles. The molecular weight excluding hydrogens is 404 g/mol. The Kier molecular flexibility index (Phi) is 7.10. The number of thioether (sulfide) groups is 1. The molecule has 0 amide bonds. The van der Waals surface area contributed by atoms with Gasteiger partial charge in [0.1, 0.15) is 12.4 Å². The Balaban J connectivity index is 1.81. The zero-order valence-corrected chi connectivity index (χ0v) is 17.0. The van der Waals surface area contributed by atoms with Gasteiger partial charge in [0.05, 0.1) is 30.4 Å². The highest BCUT2D eigenvalue weighted by Gasteiger charge is 2.16. The number of hydrogen-bond acceptors (Lipinski definition) is 7. The maximum Gasteiger partial charge on any atom is 0.387 e. The first-order chi connectivity index (χ1) is 14.0. The van der Waals surface area contributed by atoms with Crippen molar-refractivity contribution in [3.63, 3.8) is 0 Å². The molecule has 2 aromatic heterocycles. The summed E-state index contributed by atoms with van der Waals surface area (Å²) in [7, 11) is 3.14. The monoisotopic (exact) mass is 425 g/mol. The third-order valence-corrected chi connectivity index (χ3v) is 5.00. The van der Waals surface area contributed by atoms with Crippen molar-refractivity contribution in [3.05, 3.63) is 35.7 Å². The Morgan fingerprint density at radius 2 is 1.97 bits per heavy atom. The van der Waals surface area contributed by atoms with E-state index in [9.17, 15) is 8.78 Å². The summed E-state index contributed by atoms with van der Waals surface area (Å²) in [5.41, 5.74) is 2.98. The van der Waals surface area contributed by atoms with Crippen LogP contribution in [0.15, 0.2) is 29.6 Å². The lowest BCUT2D eigenvalue weighted by atomic mass is 10.2. The number of pyridine rings is 1. The number of nitrogens with one attached hydrogen (secondary N) is 1. The molecule has 0 atom stereocenters. The molecule has 0 aliphatic rings. The minimum absolute atomic E-state index is 0.0723. The number of ether oxygens (including phenoxy) is 4. The summed E-state index contributed by atoms with van der Waals surface area (Å²) in [4.78, 5) is 12.0. The smallest absolute Gasteiger partial charge is 0.387 e. The van der Waals surface area contributed by atoms with Crippen LogP contribution in [0.3, 0.4) is 0 Å². The number of methoxy groups -OCH3 is 2. The van der Waals surface area contributed by atoms with Gasteiger partial charge in [0.25, 0.3) is 0 Å². The fourth-order valence-corrected chi connectivity index (χ4v) is 3.57. The molecule has 3 aromatic rings. The second-order valence-electron chi connectivity index (χ2n) is 5.95. The molecule has 0 saturated heterocycles. The van der Waals surface area contributed by atoms with Gasteiger partial charge >= 0.3 is 6.61 Å². The first kappa shape index (κ1) is 21.1. The van der Waals surface area contributed by atoms with Gasteiger partial charge in [-0.05, 0) is 13.0 Å². The summed E-state index contributed by atoms with van der Waals surface area (Å²) in [6, 6.07) is 4.83. The summed E-state index contributed by atoms with van der Waals surface area (Å²) in [5.74, 6) is 1.46. The molecule has 0 radical (unpaired) electrons. The number of nitrogens with zero attached hydrogens (tertiary/aromatic N) is 2. The summed E-state index contributed by atoms with van der Waals surface area (Å²) in [5, 5.41) is 0.626. The number of rotatable bonds is 10. The van der Waals surface area contributed by atoms with Gasteiger partial charge in [0.2, 0.25) is 0 Å². The molecular formula is C19H21F2N3O4S. The normalized spacial score (nSPS) is 11.2. The maximum absolute atomic E-state index is 12.8. The standard InChI is InChI=1S/C19H21F2N3O4S/c1-11-14(22-5-4-15(11)26-3)10-29-19-23-12-8-16(27-7-6-25-2)17(28-18(20)21)9-13(12)24-19/h4-5,8-9,18H,6-7,10H2,1-3H3,(H,23,24). The van der Waals surface area contributed by atoms with Crippen LogP contribution < -0.4 is 14.2 Å². The lowest BCUT2D eigenvalue weighted by Gasteiger charge is -2.11. The fraction of sp³-hybridized carbons (Fsp3) is 0.368. The number of fused-ring (bicyclic) bond motifs is 1. The van der Waals surface area contributed by atoms with Crippen LogP contribution in [-0.4, -0.2) is 49.0 Å². The molecule has 10 heteroatoms. The Morgan fingerprint density at radius 3 is 2.69 bits per heavy atom. The lowest BCUT2D eigenvalue weighted by Crippen LogP contribution is -2.08. The molecule has 0 fully saturated rings. The predicted molar refractivity (Wildman–Crippen MR) is 105 cm³/mol. The zero-order chi connectivity index (χ0) is 20.8. The van der Waals surface area contributed by atoms with Gasteiger partial charge in [0.15, 0.2) is 16.7 Å². The zero-order valence-electron chi connectivity index (χ0n) is 16.2. The van der Waals surface area contributed by atoms with Crippen LogP contribution in [0.2, 0.25) is 0 Å². The molecule has 0 bridgehead atoms. The highest BCUT2D eigenvalue weighted by Crippen LogP contribution is 2.34. The van der Waals surface area contributed by atoms with Crippen molar-refractivity contribution in [3.8, 4) is 17.2 Å². The van der Waals surface area contributed by atoms with E-state index < -0.39 is 6.61 Å². The van der Waals surface area contributed by atoms with Gasteiger partial charge in [-0.1, -0.05) is 11.8 Å². The van der Waals surface area contributed by atoms with Gasteiger partial charge in [0, 0.05) is 36.8 Å². The highest BCUT2D eigenvalue weighted by atomic mass is 32.2. The minimum atomic E-state index is -2.97. The second-order valence-corrected chi connectivity index (χ2v) is 6.92. The SMILES string of the molecule is COCCOc1cc2[nH]c(SCc3nccc(OC)c3C)nc2cc1OC(F)F. The Bertz CT molecular complexity index is 968. The Morgan fingerprint density at radius 1 is 1.14 bits per heavy atom. The number of imidazole rings is 1. The van der Waals surface area contributed by atoms with Gasteiger partial charge in [-0.25, -0.2) is 4.98 Å². The quantitative estimate of drug-likeness (QED) is 0.385. The van der Waals surface area contributed by atoms with Crippen molar-refractivity contribution < 1.29 is 27.7 Å². The molecule has 1 N–H and O–H groups in total. The molecule has 0 saturated carbocycles. The van der Waals surface area contributed by atoms with E-state index in [4.69, 9.17) is 14.2 Å². The third kappa shape index (κ3) is 5.27. The first-order valence-electron chi connectivity index (χ1n) is 8.73. The largest absolute Gasteiger partial charge is 0.496 e. The number of alkyl halides is 2. The van der Waals surface area contributed by atoms with Crippen LogP contribution in [0.25, 0.3) is 11.0 Å². The number of hydrogen-bond donors (Lipinski definition) is 1. The van der Waals surface area contributed by atoms with E-state index in [1.165, 1.54) is 24.9 Å². The molecule has 156 valence electrons. The molecule has 0 aliphatic carbocycles. The van der Waals surface area contributed by atoms with Crippen molar-refractivity contribution >= 4 is 22.8 Å². The molecule has 7 nitrogen and oxygen atoms in total. The maximum atomic E-state index is 12.8. The molecule has 2 heterocycles. The van der Waals surface area contributed by atoms with Crippen LogP contribution in [0.4, 0.5) is 8.78 Å². The van der Waals surface area contributed by atoms with Crippen molar-refractivity contribution in [1.29, 1.82) is 0 Å². The van der Waals surface area contributed by atoms with E-state index in [1.54, 1.807) is 25.4 Å². The van der Waals surface area contributed by atoms with Crippen LogP contribution in [-0.2, 0) is 10.5 Å². The average Bonchev–Trinajstić information content (AvgIpc) is 3.08. The lowest BCUT2D eigenvalue weighted by molar-refractivity contribution is -0.0515. The summed E-state index contributed by atoms with van der Waals surface area (Å²) in [6.07, 6.45) is 1.69. The minimum Gasteiger partial charge on any atom is -0.496 e. The topological polar surface area (TPSA) is 78.5 Å². The van der Waals surface area contributed by atoms with E-state index in [0.29, 0.717) is 28.5 Å². The van der Waals surface area contributed by atoms with Crippen molar-refractivity contribution in [2.75, 3.05) is 27.4 Å². The summed E-state index contributed by atoms with van der Waals surface area (Å²) >= 11 is 1.45. The molecule has 3 rings (SSSR count). The number of benzene rings is 1. The van der Waals surface area contributed by atoms with E-state index in [1.807, 2.05) is 6.92 Å². The third-order valence-electron chi connectivity index (χ3n) is 4.11. The van der Waals surface area contributed by atoms with Crippen molar-refractivity contribution in [1.82, 2.24) is 15.0 Å². The van der Waals surface area contributed by atoms with Gasteiger partial charge < -0.3 is 23.9 Å². The van der Waals surface area contributed by atoms with Gasteiger partial charge in [-0.15, -0.1) is 0 Å². The van der Waals surface area contributed by atoms with E-state index in [-0.39, 0.29) is 18.1 Å². The molecule has 0 unspecified atom stereocenters. The molecule has 29 heavy (non-hydrogen) atoms. The first-order valence-corrected chi connectivity index (χ1v) is 9.72. The summed E-state index contributed by atoms with van der Waals surface area (Å²) in [6.45, 7) is -0.494. The number of aromatic nitrogens is 3. The van der Waals surface area contributed by atoms with Gasteiger partial charge in [-0.3, -0.25) is 4.98 Å². The molecule has 0 spiro atoms. The molecule has 1 aromatic carbocycles. The van der Waals surface area contributed by atoms with Crippen LogP contribution in [0, 0.1) is 6.92 Å². The van der Waals surface area contributed by atoms with E-state index in [0.717, 1.165) is 17.0 Å². The fourth-order valence-electron chi connectivity index (χ4n) is 2.66. The summed E-state index contributed by atoms with van der Waals surface area (Å²) < 4.78 is 45.8. The second kappa shape index (κ2) is 9.75. The van der Waals surface area contributed by atoms with E-state index in [2.05, 4.69) is 19.7 Å².